The van der Waals surface area contributed by atoms with Crippen LogP contribution in [0.3, 0.4) is 0 Å². The van der Waals surface area contributed by atoms with Gasteiger partial charge in [0.2, 0.25) is 0 Å². The van der Waals surface area contributed by atoms with E-state index in [1.54, 1.807) is 12.1 Å². The summed E-state index contributed by atoms with van der Waals surface area (Å²) < 4.78 is 13.4. The van der Waals surface area contributed by atoms with Gasteiger partial charge in [0.1, 0.15) is 5.82 Å². The molecule has 4 rings (SSSR count). The molecule has 0 spiro atoms. The zero-order valence-corrected chi connectivity index (χ0v) is 15.2. The summed E-state index contributed by atoms with van der Waals surface area (Å²) in [7, 11) is 0. The molecule has 0 bridgehead atoms. The number of nitrogens with two attached hydrogens (primary N) is 1. The van der Waals surface area contributed by atoms with Gasteiger partial charge in [-0.1, -0.05) is 36.4 Å². The number of hydrogen-bond acceptors (Lipinski definition) is 2. The fourth-order valence-electron chi connectivity index (χ4n) is 3.83. The predicted molar refractivity (Wildman–Crippen MR) is 102 cm³/mol. The minimum absolute atomic E-state index is 0. The zero-order valence-electron chi connectivity index (χ0n) is 14.4. The summed E-state index contributed by atoms with van der Waals surface area (Å²) in [4.78, 5) is 14.7. The van der Waals surface area contributed by atoms with Crippen molar-refractivity contribution in [3.05, 3.63) is 71.0 Å². The fourth-order valence-corrected chi connectivity index (χ4v) is 3.83. The van der Waals surface area contributed by atoms with Gasteiger partial charge in [0.25, 0.3) is 0 Å². The molecule has 1 heterocycles. The van der Waals surface area contributed by atoms with Crippen LogP contribution in [0.4, 0.5) is 9.18 Å². The number of amides is 2. The highest BCUT2D eigenvalue weighted by atomic mass is 35.5. The van der Waals surface area contributed by atoms with Crippen molar-refractivity contribution in [2.45, 2.75) is 37.4 Å². The SMILES string of the molecule is Cl.N[C@H]1C[C@H](NC(=O)N2CCc3ccccc3[C@@H]2c2ccc(F)cc2)C1. The third-order valence-corrected chi connectivity index (χ3v) is 5.23. The van der Waals surface area contributed by atoms with Gasteiger partial charge in [-0.2, -0.15) is 0 Å². The summed E-state index contributed by atoms with van der Waals surface area (Å²) in [5, 5.41) is 3.09. The summed E-state index contributed by atoms with van der Waals surface area (Å²) >= 11 is 0. The molecule has 1 aliphatic heterocycles. The highest BCUT2D eigenvalue weighted by molar-refractivity contribution is 5.85. The Bertz CT molecular complexity index is 777. The molecule has 6 heteroatoms. The Morgan fingerprint density at radius 3 is 2.50 bits per heavy atom. The van der Waals surface area contributed by atoms with E-state index in [4.69, 9.17) is 5.73 Å². The van der Waals surface area contributed by atoms with Gasteiger partial charge in [-0.15, -0.1) is 12.4 Å². The van der Waals surface area contributed by atoms with Gasteiger partial charge < -0.3 is 16.0 Å². The molecule has 1 saturated carbocycles. The molecule has 2 aliphatic rings. The lowest BCUT2D eigenvalue weighted by Gasteiger charge is -2.40. The number of nitrogens with zero attached hydrogens (tertiary/aromatic N) is 1. The van der Waals surface area contributed by atoms with Crippen molar-refractivity contribution in [3.8, 4) is 0 Å². The molecule has 3 N–H and O–H groups in total. The first-order chi connectivity index (χ1) is 12.1. The van der Waals surface area contributed by atoms with E-state index in [-0.39, 0.29) is 42.4 Å². The van der Waals surface area contributed by atoms with Crippen LogP contribution in [0.25, 0.3) is 0 Å². The lowest BCUT2D eigenvalue weighted by molar-refractivity contribution is 0.167. The van der Waals surface area contributed by atoms with Crippen LogP contribution in [0, 0.1) is 5.82 Å². The lowest BCUT2D eigenvalue weighted by atomic mass is 9.87. The van der Waals surface area contributed by atoms with E-state index in [1.807, 2.05) is 17.0 Å². The van der Waals surface area contributed by atoms with Gasteiger partial charge >= 0.3 is 6.03 Å². The molecule has 1 fully saturated rings. The Morgan fingerprint density at radius 2 is 1.81 bits per heavy atom. The minimum atomic E-state index is -0.271. The second-order valence-corrected chi connectivity index (χ2v) is 6.97. The molecule has 0 aromatic heterocycles. The van der Waals surface area contributed by atoms with Crippen LogP contribution < -0.4 is 11.1 Å². The average Bonchev–Trinajstić information content (AvgIpc) is 2.60. The number of nitrogens with one attached hydrogen (secondary N) is 1. The summed E-state index contributed by atoms with van der Waals surface area (Å²) in [5.41, 5.74) is 9.10. The van der Waals surface area contributed by atoms with Crippen molar-refractivity contribution in [1.82, 2.24) is 10.2 Å². The van der Waals surface area contributed by atoms with Crippen molar-refractivity contribution in [1.29, 1.82) is 0 Å². The van der Waals surface area contributed by atoms with E-state index in [1.165, 1.54) is 17.7 Å². The molecular weight excluding hydrogens is 353 g/mol. The molecule has 2 aromatic rings. The Morgan fingerprint density at radius 1 is 1.12 bits per heavy atom. The fraction of sp³-hybridized carbons (Fsp3) is 0.350. The molecular formula is C20H23ClFN3O. The van der Waals surface area contributed by atoms with E-state index in [2.05, 4.69) is 17.4 Å². The molecule has 0 unspecified atom stereocenters. The number of halogens is 2. The van der Waals surface area contributed by atoms with Crippen LogP contribution in [0.1, 0.15) is 35.6 Å². The first-order valence-corrected chi connectivity index (χ1v) is 8.78. The Labute approximate surface area is 159 Å². The van der Waals surface area contributed by atoms with Gasteiger partial charge in [0.05, 0.1) is 6.04 Å². The highest BCUT2D eigenvalue weighted by Gasteiger charge is 2.34. The molecule has 1 atom stereocenters. The van der Waals surface area contributed by atoms with Crippen LogP contribution in [-0.2, 0) is 6.42 Å². The van der Waals surface area contributed by atoms with Gasteiger partial charge in [-0.3, -0.25) is 0 Å². The number of carbonyl (C=O) groups is 1. The van der Waals surface area contributed by atoms with Crippen molar-refractivity contribution in [2.75, 3.05) is 6.54 Å². The largest absolute Gasteiger partial charge is 0.335 e. The Hall–Kier alpha value is -2.11. The van der Waals surface area contributed by atoms with E-state index in [0.717, 1.165) is 30.4 Å². The predicted octanol–water partition coefficient (Wildman–Crippen LogP) is 3.39. The lowest BCUT2D eigenvalue weighted by Crippen LogP contribution is -2.55. The zero-order chi connectivity index (χ0) is 17.4. The third-order valence-electron chi connectivity index (χ3n) is 5.23. The van der Waals surface area contributed by atoms with Crippen LogP contribution in [0.5, 0.6) is 0 Å². The maximum absolute atomic E-state index is 13.4. The number of hydrogen-bond donors (Lipinski definition) is 2. The second kappa shape index (κ2) is 7.64. The summed E-state index contributed by atoms with van der Waals surface area (Å²) in [6.45, 7) is 0.643. The van der Waals surface area contributed by atoms with Crippen LogP contribution in [0.2, 0.25) is 0 Å². The standard InChI is InChI=1S/C20H22FN3O.ClH/c21-15-7-5-14(6-8-15)19-18-4-2-1-3-13(18)9-10-24(19)20(25)23-17-11-16(22)12-17;/h1-8,16-17,19H,9-12,22H2,(H,23,25);1H/t16-,17-,19-;/m0./s1. The van der Waals surface area contributed by atoms with Gasteiger partial charge in [-0.05, 0) is 48.1 Å². The third kappa shape index (κ3) is 3.55. The number of benzene rings is 2. The van der Waals surface area contributed by atoms with Crippen LogP contribution >= 0.6 is 12.4 Å². The second-order valence-electron chi connectivity index (χ2n) is 6.97. The van der Waals surface area contributed by atoms with Crippen molar-refractivity contribution in [3.63, 3.8) is 0 Å². The number of carbonyl (C=O) groups excluding carboxylic acids is 1. The number of rotatable bonds is 2. The van der Waals surface area contributed by atoms with Gasteiger partial charge in [-0.25, -0.2) is 9.18 Å². The molecule has 26 heavy (non-hydrogen) atoms. The summed E-state index contributed by atoms with van der Waals surface area (Å²) in [6, 6.07) is 14.7. The van der Waals surface area contributed by atoms with E-state index >= 15 is 0 Å². The van der Waals surface area contributed by atoms with Crippen molar-refractivity contribution in [2.24, 2.45) is 5.73 Å². The molecule has 2 amide bonds. The van der Waals surface area contributed by atoms with Crippen LogP contribution in [0.15, 0.2) is 48.5 Å². The van der Waals surface area contributed by atoms with E-state index in [0.29, 0.717) is 6.54 Å². The van der Waals surface area contributed by atoms with E-state index < -0.39 is 0 Å². The highest BCUT2D eigenvalue weighted by Crippen LogP contribution is 2.35. The normalized spacial score (nSPS) is 24.1. The number of urea groups is 1. The molecule has 4 nitrogen and oxygen atoms in total. The minimum Gasteiger partial charge on any atom is -0.335 e. The van der Waals surface area contributed by atoms with Crippen molar-refractivity contribution < 1.29 is 9.18 Å². The maximum Gasteiger partial charge on any atom is 0.318 e. The first-order valence-electron chi connectivity index (χ1n) is 8.78. The van der Waals surface area contributed by atoms with Crippen molar-refractivity contribution >= 4 is 18.4 Å². The molecule has 2 aromatic carbocycles. The summed E-state index contributed by atoms with van der Waals surface area (Å²) in [6.07, 6.45) is 2.49. The molecule has 138 valence electrons. The van der Waals surface area contributed by atoms with Gasteiger partial charge in [0.15, 0.2) is 0 Å². The molecule has 0 radical (unpaired) electrons. The number of fused-ring (bicyclic) bond motifs is 1. The average molecular weight is 376 g/mol. The van der Waals surface area contributed by atoms with Gasteiger partial charge in [0, 0.05) is 18.6 Å². The first kappa shape index (κ1) is 18.7. The molecule has 0 saturated heterocycles. The van der Waals surface area contributed by atoms with E-state index in [9.17, 15) is 9.18 Å². The smallest absolute Gasteiger partial charge is 0.318 e. The van der Waals surface area contributed by atoms with Crippen LogP contribution in [-0.4, -0.2) is 29.6 Å². The topological polar surface area (TPSA) is 58.4 Å². The Kier molecular flexibility index (Phi) is 5.49. The summed E-state index contributed by atoms with van der Waals surface area (Å²) in [5.74, 6) is -0.271. The maximum atomic E-state index is 13.4. The monoisotopic (exact) mass is 375 g/mol. The Balaban J connectivity index is 0.00000196. The quantitative estimate of drug-likeness (QED) is 0.845. The molecule has 1 aliphatic carbocycles.